The molecule has 6 heteroatoms. The van der Waals surface area contributed by atoms with Gasteiger partial charge in [-0.3, -0.25) is 0 Å². The summed E-state index contributed by atoms with van der Waals surface area (Å²) in [6, 6.07) is 8.23. The molecule has 0 saturated heterocycles. The highest BCUT2D eigenvalue weighted by atomic mass is 16.5. The minimum atomic E-state index is -0.835. The van der Waals surface area contributed by atoms with Crippen LogP contribution in [-0.2, 0) is 6.42 Å². The quantitative estimate of drug-likeness (QED) is 0.267. The molecule has 36 heavy (non-hydrogen) atoms. The molecule has 1 aliphatic heterocycles. The number of benzene rings is 2. The second kappa shape index (κ2) is 11.6. The lowest BCUT2D eigenvalue weighted by atomic mass is 9.93. The van der Waals surface area contributed by atoms with E-state index in [0.29, 0.717) is 29.2 Å². The standard InChI is InChI=1S/C30H44O6/c1-7-10-11-15-29(4,5)35-26-18-21(31)17-25-22(26)19-24(33)28(34-25)20-12-13-23(32)27(16-20)36-30(6,9-3)14-8-2/h12-13,16-18,24,28,31-33H,7-11,14-15,19H2,1-6H3/t24-,28-,30?/m1/s1. The molecule has 0 saturated carbocycles. The van der Waals surface area contributed by atoms with Crippen molar-refractivity contribution in [3.05, 3.63) is 41.5 Å². The van der Waals surface area contributed by atoms with E-state index in [1.165, 1.54) is 0 Å². The summed E-state index contributed by atoms with van der Waals surface area (Å²) in [5.41, 5.74) is 0.635. The molecule has 0 fully saturated rings. The summed E-state index contributed by atoms with van der Waals surface area (Å²) in [7, 11) is 0. The van der Waals surface area contributed by atoms with Crippen molar-refractivity contribution in [2.24, 2.45) is 0 Å². The van der Waals surface area contributed by atoms with E-state index in [-0.39, 0.29) is 11.5 Å². The first kappa shape index (κ1) is 28.0. The van der Waals surface area contributed by atoms with Gasteiger partial charge in [-0.25, -0.2) is 0 Å². The molecule has 2 aromatic rings. The van der Waals surface area contributed by atoms with Gasteiger partial charge in [0.1, 0.15) is 34.6 Å². The largest absolute Gasteiger partial charge is 0.508 e. The summed E-state index contributed by atoms with van der Waals surface area (Å²) in [4.78, 5) is 0. The van der Waals surface area contributed by atoms with Crippen LogP contribution in [0.5, 0.6) is 28.7 Å². The number of rotatable bonds is 12. The molecule has 0 aromatic heterocycles. The summed E-state index contributed by atoms with van der Waals surface area (Å²) in [5, 5.41) is 32.0. The summed E-state index contributed by atoms with van der Waals surface area (Å²) in [5.74, 6) is 1.51. The monoisotopic (exact) mass is 500 g/mol. The van der Waals surface area contributed by atoms with Gasteiger partial charge in [0, 0.05) is 24.1 Å². The molecule has 1 heterocycles. The number of aliphatic hydroxyl groups excluding tert-OH is 1. The predicted molar refractivity (Wildman–Crippen MR) is 142 cm³/mol. The molecule has 0 bridgehead atoms. The number of ether oxygens (including phenoxy) is 3. The molecule has 0 spiro atoms. The highest BCUT2D eigenvalue weighted by Gasteiger charge is 2.34. The fourth-order valence-corrected chi connectivity index (χ4v) is 4.86. The zero-order chi connectivity index (χ0) is 26.5. The zero-order valence-electron chi connectivity index (χ0n) is 22.8. The molecule has 3 atom stereocenters. The number of fused-ring (bicyclic) bond motifs is 1. The first-order chi connectivity index (χ1) is 17.0. The summed E-state index contributed by atoms with van der Waals surface area (Å²) >= 11 is 0. The van der Waals surface area contributed by atoms with Gasteiger partial charge in [-0.1, -0.05) is 46.1 Å². The van der Waals surface area contributed by atoms with E-state index in [4.69, 9.17) is 14.2 Å². The van der Waals surface area contributed by atoms with Gasteiger partial charge in [-0.05, 0) is 64.2 Å². The molecule has 1 unspecified atom stereocenters. The topological polar surface area (TPSA) is 88.4 Å². The van der Waals surface area contributed by atoms with Crippen molar-refractivity contribution in [1.29, 1.82) is 0 Å². The van der Waals surface area contributed by atoms with Crippen molar-refractivity contribution < 1.29 is 29.5 Å². The van der Waals surface area contributed by atoms with Gasteiger partial charge < -0.3 is 29.5 Å². The summed E-state index contributed by atoms with van der Waals surface area (Å²) in [6.07, 6.45) is 5.67. The SMILES string of the molecule is CCCCCC(C)(C)Oc1cc(O)cc2c1C[C@@H](O)[C@@H](c1ccc(O)c(OC(C)(CC)CCC)c1)O2. The zero-order valence-corrected chi connectivity index (χ0v) is 22.8. The van der Waals surface area contributed by atoms with Gasteiger partial charge in [0.05, 0.1) is 6.10 Å². The molecule has 3 N–H and O–H groups in total. The van der Waals surface area contributed by atoms with Crippen molar-refractivity contribution in [1.82, 2.24) is 0 Å². The second-order valence-corrected chi connectivity index (χ2v) is 10.9. The minimum absolute atomic E-state index is 0.0521. The van der Waals surface area contributed by atoms with Crippen molar-refractivity contribution in [2.45, 2.75) is 116 Å². The maximum atomic E-state index is 11.1. The maximum absolute atomic E-state index is 11.1. The van der Waals surface area contributed by atoms with Crippen LogP contribution in [0.4, 0.5) is 0 Å². The van der Waals surface area contributed by atoms with Crippen LogP contribution in [0.25, 0.3) is 0 Å². The Morgan fingerprint density at radius 1 is 0.917 bits per heavy atom. The number of aromatic hydroxyl groups is 2. The van der Waals surface area contributed by atoms with Crippen molar-refractivity contribution in [3.63, 3.8) is 0 Å². The molecule has 0 radical (unpaired) electrons. The van der Waals surface area contributed by atoms with Crippen LogP contribution in [0.3, 0.4) is 0 Å². The molecule has 2 aromatic carbocycles. The first-order valence-electron chi connectivity index (χ1n) is 13.4. The maximum Gasteiger partial charge on any atom is 0.162 e. The average molecular weight is 501 g/mol. The summed E-state index contributed by atoms with van der Waals surface area (Å²) in [6.45, 7) is 12.5. The van der Waals surface area contributed by atoms with Crippen molar-refractivity contribution >= 4 is 0 Å². The third-order valence-electron chi connectivity index (χ3n) is 7.13. The van der Waals surface area contributed by atoms with E-state index in [0.717, 1.165) is 50.5 Å². The number of phenols is 2. The molecule has 1 aliphatic rings. The Labute approximate surface area is 216 Å². The van der Waals surface area contributed by atoms with Gasteiger partial charge in [0.2, 0.25) is 0 Å². The van der Waals surface area contributed by atoms with Crippen LogP contribution in [0.2, 0.25) is 0 Å². The molecule has 0 aliphatic carbocycles. The fraction of sp³-hybridized carbons (Fsp3) is 0.600. The molecular weight excluding hydrogens is 456 g/mol. The van der Waals surface area contributed by atoms with Gasteiger partial charge in [-0.2, -0.15) is 0 Å². The minimum Gasteiger partial charge on any atom is -0.508 e. The van der Waals surface area contributed by atoms with Crippen LogP contribution in [0, 0.1) is 0 Å². The third kappa shape index (κ3) is 6.78. The lowest BCUT2D eigenvalue weighted by molar-refractivity contribution is 0.0166. The fourth-order valence-electron chi connectivity index (χ4n) is 4.86. The van der Waals surface area contributed by atoms with Gasteiger partial charge in [0.25, 0.3) is 0 Å². The van der Waals surface area contributed by atoms with Gasteiger partial charge in [-0.15, -0.1) is 0 Å². The number of phenolic OH excluding ortho intramolecular Hbond substituents is 2. The predicted octanol–water partition coefficient (Wildman–Crippen LogP) is 7.22. The van der Waals surface area contributed by atoms with E-state index in [9.17, 15) is 15.3 Å². The van der Waals surface area contributed by atoms with Gasteiger partial charge in [0.15, 0.2) is 11.5 Å². The normalized spacial score (nSPS) is 19.2. The van der Waals surface area contributed by atoms with Crippen molar-refractivity contribution in [3.8, 4) is 28.7 Å². The highest BCUT2D eigenvalue weighted by molar-refractivity contribution is 5.53. The highest BCUT2D eigenvalue weighted by Crippen LogP contribution is 2.45. The van der Waals surface area contributed by atoms with E-state index < -0.39 is 23.4 Å². The lowest BCUT2D eigenvalue weighted by Crippen LogP contribution is -2.33. The third-order valence-corrected chi connectivity index (χ3v) is 7.13. The Hall–Kier alpha value is -2.60. The molecule has 0 amide bonds. The Bertz CT molecular complexity index is 1020. The number of hydrogen-bond donors (Lipinski definition) is 3. The smallest absolute Gasteiger partial charge is 0.162 e. The van der Waals surface area contributed by atoms with Crippen LogP contribution >= 0.6 is 0 Å². The van der Waals surface area contributed by atoms with Crippen molar-refractivity contribution in [2.75, 3.05) is 0 Å². The van der Waals surface area contributed by atoms with Crippen LogP contribution < -0.4 is 14.2 Å². The lowest BCUT2D eigenvalue weighted by Gasteiger charge is -2.35. The van der Waals surface area contributed by atoms with E-state index >= 15 is 0 Å². The molecule has 200 valence electrons. The summed E-state index contributed by atoms with van der Waals surface area (Å²) < 4.78 is 18.8. The molecule has 6 nitrogen and oxygen atoms in total. The van der Waals surface area contributed by atoms with Crippen LogP contribution in [0.15, 0.2) is 30.3 Å². The van der Waals surface area contributed by atoms with E-state index in [1.807, 2.05) is 20.8 Å². The molecule has 3 rings (SSSR count). The first-order valence-corrected chi connectivity index (χ1v) is 13.4. The number of unbranched alkanes of at least 4 members (excludes halogenated alkanes) is 2. The van der Waals surface area contributed by atoms with Crippen LogP contribution in [-0.4, -0.2) is 32.6 Å². The Balaban J connectivity index is 1.87. The number of hydrogen-bond acceptors (Lipinski definition) is 6. The van der Waals surface area contributed by atoms with E-state index in [1.54, 1.807) is 30.3 Å². The number of aliphatic hydroxyl groups is 1. The molecular formula is C30H44O6. The van der Waals surface area contributed by atoms with Gasteiger partial charge >= 0.3 is 0 Å². The Morgan fingerprint density at radius 3 is 2.33 bits per heavy atom. The Morgan fingerprint density at radius 2 is 1.67 bits per heavy atom. The van der Waals surface area contributed by atoms with Crippen LogP contribution in [0.1, 0.15) is 104 Å². The Kier molecular flexibility index (Phi) is 9.04. The van der Waals surface area contributed by atoms with E-state index in [2.05, 4.69) is 20.8 Å². The average Bonchev–Trinajstić information content (AvgIpc) is 2.81. The second-order valence-electron chi connectivity index (χ2n) is 10.9.